The number of nitrogens with two attached hydrogens (primary N) is 1. The van der Waals surface area contributed by atoms with Crippen molar-refractivity contribution in [2.24, 2.45) is 5.73 Å². The summed E-state index contributed by atoms with van der Waals surface area (Å²) in [5.41, 5.74) is 7.41. The molecule has 5 heteroatoms. The van der Waals surface area contributed by atoms with Gasteiger partial charge in [-0.3, -0.25) is 0 Å². The lowest BCUT2D eigenvalue weighted by Gasteiger charge is -2.05. The number of hydrogen-bond acceptors (Lipinski definition) is 4. The molecule has 1 aromatic heterocycles. The number of imidazole rings is 1. The Hall–Kier alpha value is -1.59. The zero-order valence-corrected chi connectivity index (χ0v) is 10.9. The predicted molar refractivity (Wildman–Crippen MR) is 72.7 cm³/mol. The third-order valence-electron chi connectivity index (χ3n) is 2.59. The molecule has 0 saturated carbocycles. The van der Waals surface area contributed by atoms with Crippen molar-refractivity contribution in [3.05, 3.63) is 24.0 Å². The van der Waals surface area contributed by atoms with Crippen molar-refractivity contribution in [1.29, 1.82) is 0 Å². The first-order valence-electron chi connectivity index (χ1n) is 6.15. The summed E-state index contributed by atoms with van der Waals surface area (Å²) < 4.78 is 5.61. The van der Waals surface area contributed by atoms with Crippen LogP contribution in [0.2, 0.25) is 0 Å². The van der Waals surface area contributed by atoms with Gasteiger partial charge in [0.2, 0.25) is 0 Å². The van der Waals surface area contributed by atoms with Gasteiger partial charge in [-0.05, 0) is 39.2 Å². The summed E-state index contributed by atoms with van der Waals surface area (Å²) >= 11 is 0. The molecule has 0 unspecified atom stereocenters. The van der Waals surface area contributed by atoms with Crippen LogP contribution in [0.1, 0.15) is 12.2 Å². The van der Waals surface area contributed by atoms with E-state index in [0.29, 0.717) is 13.2 Å². The van der Waals surface area contributed by atoms with Crippen molar-refractivity contribution in [3.8, 4) is 5.75 Å². The van der Waals surface area contributed by atoms with E-state index in [9.17, 15) is 0 Å². The molecule has 3 N–H and O–H groups in total. The van der Waals surface area contributed by atoms with Crippen molar-refractivity contribution < 1.29 is 4.74 Å². The minimum Gasteiger partial charge on any atom is -0.493 e. The Balaban J connectivity index is 2.12. The van der Waals surface area contributed by atoms with Gasteiger partial charge in [-0.1, -0.05) is 0 Å². The van der Waals surface area contributed by atoms with Crippen molar-refractivity contribution in [2.75, 3.05) is 27.2 Å². The highest BCUT2D eigenvalue weighted by molar-refractivity contribution is 5.76. The Morgan fingerprint density at radius 1 is 1.39 bits per heavy atom. The fourth-order valence-electron chi connectivity index (χ4n) is 1.78. The molecule has 0 fully saturated rings. The second-order valence-electron chi connectivity index (χ2n) is 4.59. The van der Waals surface area contributed by atoms with E-state index in [-0.39, 0.29) is 0 Å². The fraction of sp³-hybridized carbons (Fsp3) is 0.462. The van der Waals surface area contributed by atoms with Gasteiger partial charge in [-0.2, -0.15) is 0 Å². The number of hydrogen-bond donors (Lipinski definition) is 2. The second kappa shape index (κ2) is 5.84. The van der Waals surface area contributed by atoms with E-state index < -0.39 is 0 Å². The van der Waals surface area contributed by atoms with E-state index in [0.717, 1.165) is 35.6 Å². The quantitative estimate of drug-likeness (QED) is 0.757. The first-order chi connectivity index (χ1) is 8.69. The summed E-state index contributed by atoms with van der Waals surface area (Å²) in [5.74, 6) is 1.82. The maximum atomic E-state index is 5.61. The number of benzene rings is 1. The fourth-order valence-corrected chi connectivity index (χ4v) is 1.78. The molecule has 0 amide bonds. The molecule has 0 bridgehead atoms. The van der Waals surface area contributed by atoms with Crippen LogP contribution in [-0.4, -0.2) is 42.1 Å². The number of rotatable bonds is 6. The summed E-state index contributed by atoms with van der Waals surface area (Å²) in [6.45, 7) is 2.11. The normalized spacial score (nSPS) is 11.3. The smallest absolute Gasteiger partial charge is 0.121 e. The Labute approximate surface area is 107 Å². The molecular formula is C13H20N4O. The molecule has 0 atom stereocenters. The monoisotopic (exact) mass is 248 g/mol. The largest absolute Gasteiger partial charge is 0.493 e. The number of aromatic nitrogens is 2. The van der Waals surface area contributed by atoms with Crippen LogP contribution in [0.25, 0.3) is 11.0 Å². The van der Waals surface area contributed by atoms with E-state index in [2.05, 4.69) is 14.9 Å². The Bertz CT molecular complexity index is 507. The summed E-state index contributed by atoms with van der Waals surface area (Å²) in [5, 5.41) is 0. The highest BCUT2D eigenvalue weighted by Crippen LogP contribution is 2.19. The van der Waals surface area contributed by atoms with Gasteiger partial charge in [0, 0.05) is 6.07 Å². The standard InChI is InChI=1S/C13H20N4O/c1-17(2)9-13-15-11-5-4-10(8-12(11)16-13)18-7-3-6-14/h4-5,8H,3,6-7,9,14H2,1-2H3,(H,15,16). The molecule has 0 radical (unpaired) electrons. The number of nitrogens with zero attached hydrogens (tertiary/aromatic N) is 2. The maximum Gasteiger partial charge on any atom is 0.121 e. The molecule has 5 nitrogen and oxygen atoms in total. The van der Waals surface area contributed by atoms with E-state index in [1.807, 2.05) is 32.3 Å². The summed E-state index contributed by atoms with van der Waals surface area (Å²) in [4.78, 5) is 9.90. The average Bonchev–Trinajstić information content (AvgIpc) is 2.69. The first kappa shape index (κ1) is 12.9. The Morgan fingerprint density at radius 2 is 2.22 bits per heavy atom. The van der Waals surface area contributed by atoms with E-state index >= 15 is 0 Å². The van der Waals surface area contributed by atoms with Crippen molar-refractivity contribution in [3.63, 3.8) is 0 Å². The van der Waals surface area contributed by atoms with Gasteiger partial charge >= 0.3 is 0 Å². The Kier molecular flexibility index (Phi) is 4.17. The second-order valence-corrected chi connectivity index (χ2v) is 4.59. The molecule has 0 aliphatic heterocycles. The lowest BCUT2D eigenvalue weighted by atomic mass is 10.3. The van der Waals surface area contributed by atoms with Crippen LogP contribution in [0.4, 0.5) is 0 Å². The van der Waals surface area contributed by atoms with Crippen molar-refractivity contribution in [1.82, 2.24) is 14.9 Å². The van der Waals surface area contributed by atoms with Crippen LogP contribution in [0, 0.1) is 0 Å². The van der Waals surface area contributed by atoms with Crippen molar-refractivity contribution >= 4 is 11.0 Å². The molecule has 18 heavy (non-hydrogen) atoms. The lowest BCUT2D eigenvalue weighted by molar-refractivity contribution is 0.314. The predicted octanol–water partition coefficient (Wildman–Crippen LogP) is 1.35. The molecule has 0 spiro atoms. The molecule has 2 aromatic rings. The zero-order chi connectivity index (χ0) is 13.0. The molecule has 1 heterocycles. The third-order valence-corrected chi connectivity index (χ3v) is 2.59. The number of nitrogens with one attached hydrogen (secondary N) is 1. The zero-order valence-electron chi connectivity index (χ0n) is 10.9. The van der Waals surface area contributed by atoms with E-state index in [1.54, 1.807) is 0 Å². The van der Waals surface area contributed by atoms with Gasteiger partial charge < -0.3 is 20.4 Å². The van der Waals surface area contributed by atoms with Crippen molar-refractivity contribution in [2.45, 2.75) is 13.0 Å². The molecule has 98 valence electrons. The third kappa shape index (κ3) is 3.21. The number of ether oxygens (including phenoxy) is 1. The number of aromatic amines is 1. The minimum atomic E-state index is 0.652. The van der Waals surface area contributed by atoms with Crippen LogP contribution in [0.3, 0.4) is 0 Å². The molecule has 0 aliphatic rings. The van der Waals surface area contributed by atoms with Gasteiger partial charge in [0.15, 0.2) is 0 Å². The molecule has 0 aliphatic carbocycles. The molecular weight excluding hydrogens is 228 g/mol. The molecule has 2 rings (SSSR count). The van der Waals surface area contributed by atoms with E-state index in [1.165, 1.54) is 0 Å². The molecule has 0 saturated heterocycles. The number of fused-ring (bicyclic) bond motifs is 1. The lowest BCUT2D eigenvalue weighted by Crippen LogP contribution is -2.11. The van der Waals surface area contributed by atoms with Gasteiger partial charge in [-0.25, -0.2) is 4.98 Å². The highest BCUT2D eigenvalue weighted by atomic mass is 16.5. The van der Waals surface area contributed by atoms with Crippen LogP contribution in [0.5, 0.6) is 5.75 Å². The van der Waals surface area contributed by atoms with Gasteiger partial charge in [0.05, 0.1) is 24.2 Å². The van der Waals surface area contributed by atoms with Gasteiger partial charge in [-0.15, -0.1) is 0 Å². The van der Waals surface area contributed by atoms with Crippen LogP contribution in [0.15, 0.2) is 18.2 Å². The minimum absolute atomic E-state index is 0.652. The first-order valence-corrected chi connectivity index (χ1v) is 6.15. The van der Waals surface area contributed by atoms with Gasteiger partial charge in [0.25, 0.3) is 0 Å². The maximum absolute atomic E-state index is 5.61. The molecule has 1 aromatic carbocycles. The van der Waals surface area contributed by atoms with Crippen LogP contribution in [-0.2, 0) is 6.54 Å². The Morgan fingerprint density at radius 3 is 2.94 bits per heavy atom. The van der Waals surface area contributed by atoms with Gasteiger partial charge in [0.1, 0.15) is 11.6 Å². The van der Waals surface area contributed by atoms with Crippen LogP contribution < -0.4 is 10.5 Å². The SMILES string of the molecule is CN(C)Cc1nc2ccc(OCCCN)cc2[nH]1. The van der Waals surface area contributed by atoms with E-state index in [4.69, 9.17) is 10.5 Å². The van der Waals surface area contributed by atoms with Crippen LogP contribution >= 0.6 is 0 Å². The summed E-state index contributed by atoms with van der Waals surface area (Å²) in [6.07, 6.45) is 0.868. The topological polar surface area (TPSA) is 67.2 Å². The average molecular weight is 248 g/mol. The summed E-state index contributed by atoms with van der Waals surface area (Å²) in [6, 6.07) is 5.90. The number of H-pyrrole nitrogens is 1. The summed E-state index contributed by atoms with van der Waals surface area (Å²) in [7, 11) is 4.04. The highest BCUT2D eigenvalue weighted by Gasteiger charge is 2.05.